The summed E-state index contributed by atoms with van der Waals surface area (Å²) in [7, 11) is 0. The molecule has 8 heteroatoms. The van der Waals surface area contributed by atoms with E-state index in [2.05, 4.69) is 9.72 Å². The standard InChI is InChI=1S/C26H18F3N3O2/c27-26(28,29)24(33)34-25-31-16-23(14-18-9-11-19(15-30)12-10-18)32(25)17-20-5-4-8-22(13-20)21-6-2-1-3-7-21/h1-13,16H,14,17H2. The molecule has 4 aromatic rings. The zero-order valence-corrected chi connectivity index (χ0v) is 17.8. The average molecular weight is 461 g/mol. The number of hydrogen-bond acceptors (Lipinski definition) is 4. The van der Waals surface area contributed by atoms with Gasteiger partial charge in [-0.3, -0.25) is 4.57 Å². The lowest BCUT2D eigenvalue weighted by Crippen LogP contribution is -2.29. The van der Waals surface area contributed by atoms with Crippen molar-refractivity contribution >= 4 is 5.97 Å². The van der Waals surface area contributed by atoms with E-state index in [0.29, 0.717) is 17.7 Å². The number of benzene rings is 3. The third-order valence-electron chi connectivity index (χ3n) is 5.16. The van der Waals surface area contributed by atoms with Gasteiger partial charge in [-0.05, 0) is 40.5 Å². The van der Waals surface area contributed by atoms with Crippen molar-refractivity contribution in [3.05, 3.63) is 107 Å². The summed E-state index contributed by atoms with van der Waals surface area (Å²) >= 11 is 0. The Labute approximate surface area is 193 Å². The number of nitrogens with zero attached hydrogens (tertiary/aromatic N) is 3. The first-order chi connectivity index (χ1) is 16.3. The Hall–Kier alpha value is -4.38. The predicted octanol–water partition coefficient (Wildman–Crippen LogP) is 5.53. The topological polar surface area (TPSA) is 67.9 Å². The van der Waals surface area contributed by atoms with Crippen LogP contribution in [0, 0.1) is 11.3 Å². The van der Waals surface area contributed by atoms with E-state index in [-0.39, 0.29) is 6.54 Å². The fourth-order valence-electron chi connectivity index (χ4n) is 3.49. The summed E-state index contributed by atoms with van der Waals surface area (Å²) in [6.45, 7) is 0.146. The molecule has 0 aliphatic carbocycles. The molecule has 4 rings (SSSR count). The highest BCUT2D eigenvalue weighted by atomic mass is 19.4. The van der Waals surface area contributed by atoms with Crippen molar-refractivity contribution < 1.29 is 22.7 Å². The predicted molar refractivity (Wildman–Crippen MR) is 119 cm³/mol. The highest BCUT2D eigenvalue weighted by Gasteiger charge is 2.42. The number of halogens is 3. The van der Waals surface area contributed by atoms with E-state index in [1.54, 1.807) is 24.3 Å². The van der Waals surface area contributed by atoms with Crippen LogP contribution in [0.3, 0.4) is 0 Å². The molecule has 34 heavy (non-hydrogen) atoms. The lowest BCUT2D eigenvalue weighted by Gasteiger charge is -2.14. The van der Waals surface area contributed by atoms with Crippen LogP contribution in [0.15, 0.2) is 85.1 Å². The van der Waals surface area contributed by atoms with Crippen LogP contribution in [-0.2, 0) is 17.8 Å². The van der Waals surface area contributed by atoms with Gasteiger partial charge in [-0.15, -0.1) is 0 Å². The van der Waals surface area contributed by atoms with Crippen molar-refractivity contribution in [3.63, 3.8) is 0 Å². The van der Waals surface area contributed by atoms with Crippen molar-refractivity contribution in [1.29, 1.82) is 5.26 Å². The molecule has 0 atom stereocenters. The Bertz CT molecular complexity index is 1340. The molecule has 170 valence electrons. The lowest BCUT2D eigenvalue weighted by atomic mass is 10.0. The van der Waals surface area contributed by atoms with E-state index in [9.17, 15) is 18.0 Å². The van der Waals surface area contributed by atoms with Crippen LogP contribution in [0.5, 0.6) is 6.01 Å². The van der Waals surface area contributed by atoms with Crippen LogP contribution >= 0.6 is 0 Å². The van der Waals surface area contributed by atoms with Gasteiger partial charge < -0.3 is 4.74 Å². The van der Waals surface area contributed by atoms with E-state index in [0.717, 1.165) is 22.3 Å². The number of aromatic nitrogens is 2. The van der Waals surface area contributed by atoms with E-state index in [1.807, 2.05) is 60.7 Å². The van der Waals surface area contributed by atoms with Gasteiger partial charge in [-0.1, -0.05) is 60.7 Å². The second-order valence-corrected chi connectivity index (χ2v) is 7.56. The third kappa shape index (κ3) is 5.33. The second kappa shape index (κ2) is 9.63. The number of nitriles is 1. The van der Waals surface area contributed by atoms with Gasteiger partial charge in [-0.2, -0.15) is 18.4 Å². The van der Waals surface area contributed by atoms with Gasteiger partial charge in [0.25, 0.3) is 0 Å². The molecule has 1 heterocycles. The number of hydrogen-bond donors (Lipinski definition) is 0. The van der Waals surface area contributed by atoms with Crippen LogP contribution in [0.2, 0.25) is 0 Å². The maximum absolute atomic E-state index is 12.8. The smallest absolute Gasteiger partial charge is 0.385 e. The van der Waals surface area contributed by atoms with E-state index >= 15 is 0 Å². The fraction of sp³-hybridized carbons (Fsp3) is 0.115. The molecule has 1 aromatic heterocycles. The summed E-state index contributed by atoms with van der Waals surface area (Å²) < 4.78 is 44.5. The zero-order chi connectivity index (χ0) is 24.1. The number of rotatable bonds is 6. The molecule has 0 aliphatic heterocycles. The average Bonchev–Trinajstić information content (AvgIpc) is 3.20. The minimum Gasteiger partial charge on any atom is -0.385 e. The molecule has 0 aliphatic rings. The third-order valence-corrected chi connectivity index (χ3v) is 5.16. The molecular weight excluding hydrogens is 443 g/mol. The molecule has 0 radical (unpaired) electrons. The molecule has 5 nitrogen and oxygen atoms in total. The number of imidazole rings is 1. The van der Waals surface area contributed by atoms with E-state index < -0.39 is 18.2 Å². The number of alkyl halides is 3. The summed E-state index contributed by atoms with van der Waals surface area (Å²) in [5.74, 6) is -2.33. The van der Waals surface area contributed by atoms with Crippen LogP contribution in [-0.4, -0.2) is 21.7 Å². The molecule has 0 N–H and O–H groups in total. The number of carbonyl (C=O) groups is 1. The molecule has 0 amide bonds. The van der Waals surface area contributed by atoms with E-state index in [1.165, 1.54) is 10.8 Å². The lowest BCUT2D eigenvalue weighted by molar-refractivity contribution is -0.190. The van der Waals surface area contributed by atoms with Gasteiger partial charge in [0.1, 0.15) is 0 Å². The molecule has 0 saturated heterocycles. The molecule has 0 spiro atoms. The largest absolute Gasteiger partial charge is 0.491 e. The number of ether oxygens (including phenoxy) is 1. The summed E-state index contributed by atoms with van der Waals surface area (Å²) in [6, 6.07) is 25.7. The van der Waals surface area contributed by atoms with Gasteiger partial charge in [0.15, 0.2) is 0 Å². The summed E-state index contributed by atoms with van der Waals surface area (Å²) in [4.78, 5) is 15.4. The maximum atomic E-state index is 12.8. The van der Waals surface area contributed by atoms with Crippen LogP contribution in [0.25, 0.3) is 11.1 Å². The maximum Gasteiger partial charge on any atom is 0.491 e. The second-order valence-electron chi connectivity index (χ2n) is 7.56. The highest BCUT2D eigenvalue weighted by Crippen LogP contribution is 2.25. The molecular formula is C26H18F3N3O2. The highest BCUT2D eigenvalue weighted by molar-refractivity contribution is 5.77. The Balaban J connectivity index is 1.67. The zero-order valence-electron chi connectivity index (χ0n) is 17.8. The first kappa shape index (κ1) is 22.8. The Morgan fingerprint density at radius 2 is 1.65 bits per heavy atom. The van der Waals surface area contributed by atoms with Crippen molar-refractivity contribution in [2.75, 3.05) is 0 Å². The number of carbonyl (C=O) groups excluding carboxylic acids is 1. The monoisotopic (exact) mass is 461 g/mol. The normalized spacial score (nSPS) is 11.1. The fourth-order valence-corrected chi connectivity index (χ4v) is 3.49. The van der Waals surface area contributed by atoms with Crippen molar-refractivity contribution in [1.82, 2.24) is 9.55 Å². The molecule has 0 unspecified atom stereocenters. The minimum atomic E-state index is -5.14. The van der Waals surface area contributed by atoms with Gasteiger partial charge in [0.2, 0.25) is 0 Å². The van der Waals surface area contributed by atoms with Gasteiger partial charge in [0, 0.05) is 12.1 Å². The minimum absolute atomic E-state index is 0.146. The van der Waals surface area contributed by atoms with Crippen molar-refractivity contribution in [2.24, 2.45) is 0 Å². The SMILES string of the molecule is N#Cc1ccc(Cc2cnc(OC(=O)C(F)(F)F)n2Cc2cccc(-c3ccccc3)c2)cc1. The molecule has 0 bridgehead atoms. The summed E-state index contributed by atoms with van der Waals surface area (Å²) in [6.07, 6.45) is -3.43. The van der Waals surface area contributed by atoms with Crippen LogP contribution < -0.4 is 4.74 Å². The quantitative estimate of drug-likeness (QED) is 0.354. The number of esters is 1. The first-order valence-corrected chi connectivity index (χ1v) is 10.3. The van der Waals surface area contributed by atoms with Crippen LogP contribution in [0.1, 0.15) is 22.4 Å². The van der Waals surface area contributed by atoms with Crippen molar-refractivity contribution in [2.45, 2.75) is 19.1 Å². The Morgan fingerprint density at radius 1 is 0.941 bits per heavy atom. The Morgan fingerprint density at radius 3 is 2.32 bits per heavy atom. The molecule has 0 saturated carbocycles. The van der Waals surface area contributed by atoms with E-state index in [4.69, 9.17) is 5.26 Å². The molecule has 0 fully saturated rings. The first-order valence-electron chi connectivity index (χ1n) is 10.3. The Kier molecular flexibility index (Phi) is 6.46. The van der Waals surface area contributed by atoms with Gasteiger partial charge in [-0.25, -0.2) is 9.78 Å². The van der Waals surface area contributed by atoms with Crippen LogP contribution in [0.4, 0.5) is 13.2 Å². The summed E-state index contributed by atoms with van der Waals surface area (Å²) in [5.41, 5.74) is 4.61. The summed E-state index contributed by atoms with van der Waals surface area (Å²) in [5, 5.41) is 8.98. The van der Waals surface area contributed by atoms with Gasteiger partial charge >= 0.3 is 18.2 Å². The van der Waals surface area contributed by atoms with Crippen molar-refractivity contribution in [3.8, 4) is 23.2 Å². The van der Waals surface area contributed by atoms with Gasteiger partial charge in [0.05, 0.1) is 24.4 Å². The molecule has 3 aromatic carbocycles.